The highest BCUT2D eigenvalue weighted by molar-refractivity contribution is 7.92. The van der Waals surface area contributed by atoms with Crippen LogP contribution in [0.1, 0.15) is 23.3 Å². The van der Waals surface area contributed by atoms with Crippen molar-refractivity contribution in [3.8, 4) is 16.3 Å². The molecule has 2 heterocycles. The molecule has 38 heavy (non-hydrogen) atoms. The molecule has 1 saturated carbocycles. The molecule has 0 aliphatic heterocycles. The zero-order valence-corrected chi connectivity index (χ0v) is 21.9. The van der Waals surface area contributed by atoms with E-state index in [0.29, 0.717) is 27.0 Å². The lowest BCUT2D eigenvalue weighted by atomic mass is 9.49. The molecule has 0 atom stereocenters. The molecule has 6 radical (unpaired) electrons. The van der Waals surface area contributed by atoms with Gasteiger partial charge < -0.3 is 20.7 Å². The number of benzene rings is 1. The van der Waals surface area contributed by atoms with Gasteiger partial charge in [0, 0.05) is 12.0 Å². The third kappa shape index (κ3) is 7.04. The molecule has 2 amide bonds. The summed E-state index contributed by atoms with van der Waals surface area (Å²) in [6.07, 6.45) is 4.01. The fraction of sp³-hybridized carbons (Fsp3) is 0.286. The molecule has 17 heteroatoms. The number of carbonyl (C=O) groups is 2. The van der Waals surface area contributed by atoms with Gasteiger partial charge in [0.15, 0.2) is 17.3 Å². The fourth-order valence-electron chi connectivity index (χ4n) is 3.34. The van der Waals surface area contributed by atoms with E-state index in [1.165, 1.54) is 19.4 Å². The fourth-order valence-corrected chi connectivity index (χ4v) is 5.07. The van der Waals surface area contributed by atoms with Crippen LogP contribution in [0.4, 0.5) is 22.2 Å². The van der Waals surface area contributed by atoms with Crippen LogP contribution in [0.15, 0.2) is 30.5 Å². The minimum atomic E-state index is -3.48. The van der Waals surface area contributed by atoms with Gasteiger partial charge >= 0.3 is 0 Å². The lowest BCUT2D eigenvalue weighted by molar-refractivity contribution is -0.117. The molecule has 4 rings (SSSR count). The number of para-hydroxylation sites is 1. The van der Waals surface area contributed by atoms with Crippen molar-refractivity contribution in [3.63, 3.8) is 0 Å². The van der Waals surface area contributed by atoms with E-state index in [-0.39, 0.29) is 29.0 Å². The van der Waals surface area contributed by atoms with Crippen molar-refractivity contribution >= 4 is 78.9 Å². The number of thiazole rings is 1. The number of hydrogen-bond donors (Lipinski definition) is 4. The van der Waals surface area contributed by atoms with E-state index in [0.717, 1.165) is 30.4 Å². The molecule has 1 aromatic carbocycles. The molecule has 1 fully saturated rings. The lowest BCUT2D eigenvalue weighted by Gasteiger charge is -2.23. The Bertz CT molecular complexity index is 1490. The van der Waals surface area contributed by atoms with Gasteiger partial charge in [-0.1, -0.05) is 22.6 Å². The normalized spacial score (nSPS) is 13.4. The second-order valence-electron chi connectivity index (χ2n) is 8.56. The lowest BCUT2D eigenvalue weighted by Crippen LogP contribution is -2.50. The van der Waals surface area contributed by atoms with E-state index < -0.39 is 21.2 Å². The third-order valence-electron chi connectivity index (χ3n) is 5.05. The number of anilines is 4. The van der Waals surface area contributed by atoms with E-state index in [1.807, 2.05) is 0 Å². The van der Waals surface area contributed by atoms with Gasteiger partial charge in [0.2, 0.25) is 15.9 Å². The van der Waals surface area contributed by atoms with E-state index in [2.05, 4.69) is 35.9 Å². The number of aromatic nitrogens is 3. The first-order valence-electron chi connectivity index (χ1n) is 11.1. The molecule has 0 spiro atoms. The maximum atomic E-state index is 12.8. The van der Waals surface area contributed by atoms with Crippen molar-refractivity contribution < 1.29 is 22.7 Å². The summed E-state index contributed by atoms with van der Waals surface area (Å²) in [6, 6.07) is 6.55. The van der Waals surface area contributed by atoms with Gasteiger partial charge in [-0.15, -0.1) is 10.2 Å². The van der Waals surface area contributed by atoms with Crippen molar-refractivity contribution in [1.82, 2.24) is 20.5 Å². The average molecular weight is 547 g/mol. The van der Waals surface area contributed by atoms with E-state index in [4.69, 9.17) is 28.3 Å². The number of nitrogens with zero attached hydrogens (tertiary/aromatic N) is 3. The molecule has 0 unspecified atom stereocenters. The second-order valence-corrected chi connectivity index (χ2v) is 11.3. The van der Waals surface area contributed by atoms with Gasteiger partial charge in [-0.3, -0.25) is 14.3 Å². The van der Waals surface area contributed by atoms with Crippen molar-refractivity contribution in [3.05, 3.63) is 36.2 Å². The highest BCUT2D eigenvalue weighted by atomic mass is 32.2. The Hall–Kier alpha value is -3.59. The molecule has 3 aromatic rings. The Morgan fingerprint density at radius 3 is 2.53 bits per heavy atom. The molecular formula is C21H20B3N7O5S2. The third-order valence-corrected chi connectivity index (χ3v) is 6.71. The van der Waals surface area contributed by atoms with Crippen molar-refractivity contribution in [2.75, 3.05) is 28.7 Å². The molecule has 1 aliphatic carbocycles. The molecular weight excluding hydrogens is 527 g/mol. The Kier molecular flexibility index (Phi) is 7.69. The summed E-state index contributed by atoms with van der Waals surface area (Å²) in [4.78, 5) is 29.3. The molecule has 4 N–H and O–H groups in total. The zero-order valence-electron chi connectivity index (χ0n) is 20.3. The smallest absolute Gasteiger partial charge is 0.272 e. The topological polar surface area (TPSA) is 164 Å². The van der Waals surface area contributed by atoms with Crippen LogP contribution in [0.3, 0.4) is 0 Å². The van der Waals surface area contributed by atoms with Crippen LogP contribution >= 0.6 is 11.3 Å². The number of rotatable bonds is 10. The minimum Gasteiger partial charge on any atom is -0.494 e. The first-order valence-corrected chi connectivity index (χ1v) is 13.8. The number of ether oxygens (including phenoxy) is 1. The number of hydrogen-bond acceptors (Lipinski definition) is 10. The van der Waals surface area contributed by atoms with Crippen LogP contribution in [0.25, 0.3) is 10.6 Å². The SMILES string of the molecule is [B]C([B])([B])NC(=O)c1nnc(NC(=O)C2CC2)cc1Nc1cccc(-c2ncc(NS(C)(=O)=O)s2)c1OC. The van der Waals surface area contributed by atoms with Gasteiger partial charge in [0.05, 0.1) is 60.0 Å². The number of nitrogens with one attached hydrogen (secondary N) is 4. The van der Waals surface area contributed by atoms with Gasteiger partial charge in [0.1, 0.15) is 10.0 Å². The summed E-state index contributed by atoms with van der Waals surface area (Å²) in [5.41, 5.74) is 0.881. The quantitative estimate of drug-likeness (QED) is 0.271. The van der Waals surface area contributed by atoms with Gasteiger partial charge in [0.25, 0.3) is 5.91 Å². The van der Waals surface area contributed by atoms with E-state index >= 15 is 0 Å². The highest BCUT2D eigenvalue weighted by Crippen LogP contribution is 2.41. The minimum absolute atomic E-state index is 0.0827. The summed E-state index contributed by atoms with van der Waals surface area (Å²) >= 11 is 1.10. The molecule has 1 aliphatic rings. The Morgan fingerprint density at radius 1 is 1.16 bits per heavy atom. The number of methoxy groups -OCH3 is 1. The standard InChI is InChI=1S/C21H20B3N7O5S2/c1-36-17-11(20-25-9-15(37-20)31-38(2,34)35)4-3-5-12(17)26-13-8-14(27-18(32)10-6-7-10)29-30-16(13)19(33)28-21(22,23)24/h3-5,8-10,31H,6-7H2,1-2H3,(H,28,33)(H2,26,27,29,32). The van der Waals surface area contributed by atoms with Gasteiger partial charge in [-0.05, 0) is 25.0 Å². The van der Waals surface area contributed by atoms with Crippen molar-refractivity contribution in [1.29, 1.82) is 0 Å². The first kappa shape index (κ1) is 27.4. The molecule has 190 valence electrons. The van der Waals surface area contributed by atoms with Crippen molar-refractivity contribution in [2.24, 2.45) is 5.92 Å². The maximum absolute atomic E-state index is 12.8. The Morgan fingerprint density at radius 2 is 1.89 bits per heavy atom. The predicted octanol–water partition coefficient (Wildman–Crippen LogP) is 0.919. The van der Waals surface area contributed by atoms with Crippen LogP contribution in [-0.4, -0.2) is 77.6 Å². The molecule has 12 nitrogen and oxygen atoms in total. The Balaban J connectivity index is 1.71. The van der Waals surface area contributed by atoms with E-state index in [1.54, 1.807) is 18.2 Å². The number of sulfonamides is 1. The van der Waals surface area contributed by atoms with Gasteiger partial charge in [-0.2, -0.15) is 0 Å². The molecule has 0 saturated heterocycles. The zero-order chi connectivity index (χ0) is 27.7. The van der Waals surface area contributed by atoms with Crippen LogP contribution in [0.5, 0.6) is 5.75 Å². The predicted molar refractivity (Wildman–Crippen MR) is 147 cm³/mol. The molecule has 0 bridgehead atoms. The molecule has 2 aromatic heterocycles. The van der Waals surface area contributed by atoms with Gasteiger partial charge in [-0.25, -0.2) is 13.4 Å². The van der Waals surface area contributed by atoms with Crippen LogP contribution in [0, 0.1) is 5.92 Å². The largest absolute Gasteiger partial charge is 0.494 e. The second kappa shape index (κ2) is 10.7. The summed E-state index contributed by atoms with van der Waals surface area (Å²) in [6.45, 7) is 0. The van der Waals surface area contributed by atoms with Crippen LogP contribution < -0.4 is 25.4 Å². The van der Waals surface area contributed by atoms with Crippen molar-refractivity contribution in [2.45, 2.75) is 18.1 Å². The first-order chi connectivity index (χ1) is 17.8. The number of amides is 2. The number of carbonyl (C=O) groups excluding carboxylic acids is 2. The summed E-state index contributed by atoms with van der Waals surface area (Å²) in [5.74, 6) is -0.647. The highest BCUT2D eigenvalue weighted by Gasteiger charge is 2.30. The van der Waals surface area contributed by atoms with Crippen LogP contribution in [-0.2, 0) is 14.8 Å². The Labute approximate surface area is 227 Å². The van der Waals surface area contributed by atoms with E-state index in [9.17, 15) is 18.0 Å². The summed E-state index contributed by atoms with van der Waals surface area (Å²) in [7, 11) is 14.5. The van der Waals surface area contributed by atoms with Crippen LogP contribution in [0.2, 0.25) is 0 Å². The average Bonchev–Trinajstić information content (AvgIpc) is 3.57. The summed E-state index contributed by atoms with van der Waals surface area (Å²) in [5, 5.41) is 14.6. The summed E-state index contributed by atoms with van der Waals surface area (Å²) < 4.78 is 31.2. The maximum Gasteiger partial charge on any atom is 0.272 e. The monoisotopic (exact) mass is 547 g/mol.